The predicted octanol–water partition coefficient (Wildman–Crippen LogP) is 3.07. The highest BCUT2D eigenvalue weighted by molar-refractivity contribution is 6.32. The number of aromatic nitrogens is 1. The summed E-state index contributed by atoms with van der Waals surface area (Å²) >= 11 is 5.97. The predicted molar refractivity (Wildman–Crippen MR) is 70.1 cm³/mol. The quantitative estimate of drug-likeness (QED) is 0.794. The Morgan fingerprint density at radius 1 is 1.22 bits per heavy atom. The molecule has 1 aromatic heterocycles. The molecule has 1 heterocycles. The minimum Gasteiger partial charge on any atom is -0.495 e. The van der Waals surface area contributed by atoms with Gasteiger partial charge in [0.05, 0.1) is 18.1 Å². The molecule has 0 aliphatic heterocycles. The van der Waals surface area contributed by atoms with Crippen LogP contribution >= 0.6 is 11.6 Å². The summed E-state index contributed by atoms with van der Waals surface area (Å²) in [4.78, 5) is 15.2. The number of benzene rings is 1. The van der Waals surface area contributed by atoms with Gasteiger partial charge < -0.3 is 9.53 Å². The number of pyridine rings is 1. The van der Waals surface area contributed by atoms with Gasteiger partial charge in [-0.25, -0.2) is 0 Å². The lowest BCUT2D eigenvalue weighted by atomic mass is 9.93. The molecule has 0 N–H and O–H groups in total. The van der Waals surface area contributed by atoms with Crippen LogP contribution in [-0.2, 0) is 4.79 Å². The summed E-state index contributed by atoms with van der Waals surface area (Å²) in [5, 5.41) is 0.528. The van der Waals surface area contributed by atoms with Gasteiger partial charge in [-0.3, -0.25) is 4.98 Å². The number of carbonyl (C=O) groups excluding carboxylic acids is 1. The van der Waals surface area contributed by atoms with Crippen molar-refractivity contribution >= 4 is 17.9 Å². The van der Waals surface area contributed by atoms with Crippen LogP contribution in [0.1, 0.15) is 17.0 Å². The van der Waals surface area contributed by atoms with E-state index in [-0.39, 0.29) is 5.92 Å². The molecule has 0 aliphatic rings. The highest BCUT2D eigenvalue weighted by Gasteiger charge is 2.14. The second-order valence-electron chi connectivity index (χ2n) is 3.79. The van der Waals surface area contributed by atoms with Gasteiger partial charge in [0.2, 0.25) is 0 Å². The molecule has 0 fully saturated rings. The van der Waals surface area contributed by atoms with Gasteiger partial charge in [0.15, 0.2) is 0 Å². The van der Waals surface area contributed by atoms with E-state index in [0.29, 0.717) is 10.8 Å². The van der Waals surface area contributed by atoms with E-state index >= 15 is 0 Å². The fraction of sp³-hybridized carbons (Fsp3) is 0.143. The van der Waals surface area contributed by atoms with Crippen molar-refractivity contribution in [1.29, 1.82) is 0 Å². The van der Waals surface area contributed by atoms with Gasteiger partial charge >= 0.3 is 0 Å². The van der Waals surface area contributed by atoms with Gasteiger partial charge in [-0.2, -0.15) is 0 Å². The molecule has 92 valence electrons. The van der Waals surface area contributed by atoms with E-state index in [0.717, 1.165) is 17.4 Å². The Hall–Kier alpha value is -1.87. The Morgan fingerprint density at radius 3 is 2.56 bits per heavy atom. The number of carbonyl (C=O) groups is 1. The van der Waals surface area contributed by atoms with Crippen LogP contribution in [-0.4, -0.2) is 18.4 Å². The molecule has 0 saturated carbocycles. The third kappa shape index (κ3) is 2.51. The molecule has 18 heavy (non-hydrogen) atoms. The van der Waals surface area contributed by atoms with Gasteiger partial charge in [0.1, 0.15) is 12.0 Å². The summed E-state index contributed by atoms with van der Waals surface area (Å²) in [6, 6.07) is 8.97. The third-order valence-electron chi connectivity index (χ3n) is 2.74. The number of hydrogen-bond donors (Lipinski definition) is 0. The SMILES string of the molecule is COc1cc(C(C=O)c2ccncc2)ccc1Cl. The number of rotatable bonds is 4. The normalized spacial score (nSPS) is 11.9. The third-order valence-corrected chi connectivity index (χ3v) is 3.05. The Balaban J connectivity index is 2.42. The molecular formula is C14H12ClNO2. The standard InChI is InChI=1S/C14H12ClNO2/c1-18-14-8-11(2-3-13(14)15)12(9-17)10-4-6-16-7-5-10/h2-9,12H,1H3. The highest BCUT2D eigenvalue weighted by Crippen LogP contribution is 2.30. The lowest BCUT2D eigenvalue weighted by Crippen LogP contribution is -2.03. The summed E-state index contributed by atoms with van der Waals surface area (Å²) in [6.45, 7) is 0. The molecule has 0 bridgehead atoms. The average Bonchev–Trinajstić information content (AvgIpc) is 2.42. The van der Waals surface area contributed by atoms with Crippen molar-refractivity contribution in [3.8, 4) is 5.75 Å². The lowest BCUT2D eigenvalue weighted by molar-refractivity contribution is -0.108. The van der Waals surface area contributed by atoms with E-state index in [1.165, 1.54) is 0 Å². The van der Waals surface area contributed by atoms with Gasteiger partial charge in [0.25, 0.3) is 0 Å². The Morgan fingerprint density at radius 2 is 1.94 bits per heavy atom. The number of ether oxygens (including phenoxy) is 1. The molecule has 2 rings (SSSR count). The Labute approximate surface area is 110 Å². The number of methoxy groups -OCH3 is 1. The largest absolute Gasteiger partial charge is 0.495 e. The van der Waals surface area contributed by atoms with Gasteiger partial charge in [-0.1, -0.05) is 17.7 Å². The summed E-state index contributed by atoms with van der Waals surface area (Å²) < 4.78 is 5.16. The smallest absolute Gasteiger partial charge is 0.137 e. The number of hydrogen-bond acceptors (Lipinski definition) is 3. The first-order valence-electron chi connectivity index (χ1n) is 5.45. The molecule has 0 spiro atoms. The van der Waals surface area contributed by atoms with E-state index < -0.39 is 0 Å². The zero-order chi connectivity index (χ0) is 13.0. The van der Waals surface area contributed by atoms with E-state index in [1.807, 2.05) is 18.2 Å². The molecule has 1 atom stereocenters. The van der Waals surface area contributed by atoms with E-state index in [2.05, 4.69) is 4.98 Å². The van der Waals surface area contributed by atoms with Crippen molar-refractivity contribution in [3.05, 3.63) is 58.9 Å². The molecule has 0 radical (unpaired) electrons. The van der Waals surface area contributed by atoms with Crippen LogP contribution in [0, 0.1) is 0 Å². The summed E-state index contributed by atoms with van der Waals surface area (Å²) in [6.07, 6.45) is 4.23. The first-order chi connectivity index (χ1) is 8.76. The molecule has 3 nitrogen and oxygen atoms in total. The molecule has 1 unspecified atom stereocenters. The van der Waals surface area contributed by atoms with Crippen molar-refractivity contribution < 1.29 is 9.53 Å². The van der Waals surface area contributed by atoms with Crippen LogP contribution < -0.4 is 4.74 Å². The van der Waals surface area contributed by atoms with Gasteiger partial charge in [-0.15, -0.1) is 0 Å². The van der Waals surface area contributed by atoms with E-state index in [1.54, 1.807) is 31.6 Å². The first-order valence-corrected chi connectivity index (χ1v) is 5.82. The molecule has 0 amide bonds. The minimum absolute atomic E-state index is 0.334. The second-order valence-corrected chi connectivity index (χ2v) is 4.20. The molecule has 2 aromatic rings. The van der Waals surface area contributed by atoms with Gasteiger partial charge in [0, 0.05) is 12.4 Å². The van der Waals surface area contributed by atoms with Crippen molar-refractivity contribution in [2.75, 3.05) is 7.11 Å². The van der Waals surface area contributed by atoms with Crippen LogP contribution in [0.25, 0.3) is 0 Å². The molecule has 0 aliphatic carbocycles. The zero-order valence-electron chi connectivity index (χ0n) is 9.84. The Bertz CT molecular complexity index is 543. The fourth-order valence-electron chi connectivity index (χ4n) is 1.79. The van der Waals surface area contributed by atoms with Crippen LogP contribution in [0.3, 0.4) is 0 Å². The number of halogens is 1. The molecule has 1 aromatic carbocycles. The van der Waals surface area contributed by atoms with Crippen molar-refractivity contribution in [3.63, 3.8) is 0 Å². The monoisotopic (exact) mass is 261 g/mol. The molecule has 4 heteroatoms. The van der Waals surface area contributed by atoms with Gasteiger partial charge in [-0.05, 0) is 35.4 Å². The van der Waals surface area contributed by atoms with E-state index in [4.69, 9.17) is 16.3 Å². The first kappa shape index (κ1) is 12.6. The average molecular weight is 262 g/mol. The maximum atomic E-state index is 11.3. The zero-order valence-corrected chi connectivity index (χ0v) is 10.6. The van der Waals surface area contributed by atoms with Crippen molar-refractivity contribution in [2.24, 2.45) is 0 Å². The van der Waals surface area contributed by atoms with Crippen molar-refractivity contribution in [1.82, 2.24) is 4.98 Å². The molecule has 0 saturated heterocycles. The van der Waals surface area contributed by atoms with Crippen molar-refractivity contribution in [2.45, 2.75) is 5.92 Å². The minimum atomic E-state index is -0.334. The van der Waals surface area contributed by atoms with Crippen LogP contribution in [0.4, 0.5) is 0 Å². The second kappa shape index (κ2) is 5.65. The number of aldehydes is 1. The number of nitrogens with zero attached hydrogens (tertiary/aromatic N) is 1. The lowest BCUT2D eigenvalue weighted by Gasteiger charge is -2.12. The summed E-state index contributed by atoms with van der Waals surface area (Å²) in [7, 11) is 1.55. The fourth-order valence-corrected chi connectivity index (χ4v) is 1.98. The highest BCUT2D eigenvalue weighted by atomic mass is 35.5. The maximum Gasteiger partial charge on any atom is 0.137 e. The summed E-state index contributed by atoms with van der Waals surface area (Å²) in [5.41, 5.74) is 1.74. The Kier molecular flexibility index (Phi) is 3.95. The molecular weight excluding hydrogens is 250 g/mol. The van der Waals surface area contributed by atoms with Crippen LogP contribution in [0.2, 0.25) is 5.02 Å². The van der Waals surface area contributed by atoms with Crippen LogP contribution in [0.5, 0.6) is 5.75 Å². The topological polar surface area (TPSA) is 39.2 Å². The van der Waals surface area contributed by atoms with Crippen LogP contribution in [0.15, 0.2) is 42.7 Å². The maximum absolute atomic E-state index is 11.3. The summed E-state index contributed by atoms with van der Waals surface area (Å²) in [5.74, 6) is 0.231. The van der Waals surface area contributed by atoms with E-state index in [9.17, 15) is 4.79 Å².